The lowest BCUT2D eigenvalue weighted by Gasteiger charge is -2.34. The van der Waals surface area contributed by atoms with E-state index in [0.29, 0.717) is 42.1 Å². The number of hydrogen-bond donors (Lipinski definition) is 1. The monoisotopic (exact) mass is 538 g/mol. The van der Waals surface area contributed by atoms with E-state index in [4.69, 9.17) is 9.47 Å². The summed E-state index contributed by atoms with van der Waals surface area (Å²) in [6.07, 6.45) is 10.0. The number of unbranched alkanes of at least 4 members (excludes halogenated alkanes) is 7. The zero-order valence-electron chi connectivity index (χ0n) is 20.6. The molecule has 1 fully saturated rings. The zero-order valence-corrected chi connectivity index (χ0v) is 22.2. The first-order chi connectivity index (χ1) is 16.5. The van der Waals surface area contributed by atoms with Crippen LogP contribution in [0.3, 0.4) is 0 Å². The van der Waals surface area contributed by atoms with Gasteiger partial charge in [0.25, 0.3) is 5.91 Å². The van der Waals surface area contributed by atoms with Crippen LogP contribution in [0.15, 0.2) is 22.7 Å². The van der Waals surface area contributed by atoms with Gasteiger partial charge in [0, 0.05) is 18.7 Å². The summed E-state index contributed by atoms with van der Waals surface area (Å²) < 4.78 is 11.7. The Morgan fingerprint density at radius 1 is 1.03 bits per heavy atom. The molecule has 34 heavy (non-hydrogen) atoms. The van der Waals surface area contributed by atoms with Crippen molar-refractivity contribution < 1.29 is 23.9 Å². The Morgan fingerprint density at radius 2 is 1.74 bits per heavy atom. The largest absolute Gasteiger partial charge is 0.492 e. The molecule has 190 valence electrons. The van der Waals surface area contributed by atoms with Crippen molar-refractivity contribution in [2.24, 2.45) is 0 Å². The highest BCUT2D eigenvalue weighted by Gasteiger charge is 2.35. The van der Waals surface area contributed by atoms with E-state index in [1.807, 2.05) is 6.92 Å². The van der Waals surface area contributed by atoms with Crippen molar-refractivity contribution in [2.75, 3.05) is 26.3 Å². The molecule has 1 aromatic rings. The van der Waals surface area contributed by atoms with Gasteiger partial charge in [0.1, 0.15) is 11.8 Å². The summed E-state index contributed by atoms with van der Waals surface area (Å²) in [5.74, 6) is -0.410. The first-order valence-electron chi connectivity index (χ1n) is 12.6. The average molecular weight is 540 g/mol. The molecular weight excluding hydrogens is 500 g/mol. The van der Waals surface area contributed by atoms with Crippen LogP contribution in [-0.2, 0) is 14.3 Å². The molecule has 7 nitrogen and oxygen atoms in total. The molecule has 2 rings (SSSR count). The van der Waals surface area contributed by atoms with E-state index in [2.05, 4.69) is 28.2 Å². The third-order valence-electron chi connectivity index (χ3n) is 5.85. The Kier molecular flexibility index (Phi) is 13.0. The molecule has 0 spiro atoms. The van der Waals surface area contributed by atoms with Gasteiger partial charge in [-0.1, -0.05) is 58.8 Å². The van der Waals surface area contributed by atoms with Crippen molar-refractivity contribution in [1.29, 1.82) is 0 Å². The lowest BCUT2D eigenvalue weighted by atomic mass is 10.1. The molecule has 0 aromatic heterocycles. The number of esters is 1. The number of carbonyl (C=O) groups is 3. The van der Waals surface area contributed by atoms with Crippen LogP contribution in [0.4, 0.5) is 0 Å². The maximum atomic E-state index is 13.2. The second kappa shape index (κ2) is 15.7. The lowest BCUT2D eigenvalue weighted by Crippen LogP contribution is -2.57. The number of benzene rings is 1. The van der Waals surface area contributed by atoms with Gasteiger partial charge in [0.15, 0.2) is 0 Å². The van der Waals surface area contributed by atoms with Crippen molar-refractivity contribution in [2.45, 2.75) is 84.1 Å². The van der Waals surface area contributed by atoms with Gasteiger partial charge in [-0.2, -0.15) is 0 Å². The van der Waals surface area contributed by atoms with E-state index < -0.39 is 12.0 Å². The maximum absolute atomic E-state index is 13.2. The van der Waals surface area contributed by atoms with Crippen LogP contribution in [0, 0.1) is 0 Å². The fourth-order valence-corrected chi connectivity index (χ4v) is 4.42. The SMILES string of the molecule is CCCCCCCCCCOC(=O)CC1C(=O)NCCN1C(=O)c1ccc(OCCC)c(Br)c1. The predicted octanol–water partition coefficient (Wildman–Crippen LogP) is 5.25. The van der Waals surface area contributed by atoms with Gasteiger partial charge in [-0.15, -0.1) is 0 Å². The number of halogens is 1. The minimum Gasteiger partial charge on any atom is -0.492 e. The number of hydrogen-bond acceptors (Lipinski definition) is 5. The summed E-state index contributed by atoms with van der Waals surface area (Å²) in [6, 6.07) is 4.24. The zero-order chi connectivity index (χ0) is 24.8. The van der Waals surface area contributed by atoms with Gasteiger partial charge in [-0.05, 0) is 47.0 Å². The topological polar surface area (TPSA) is 84.9 Å². The van der Waals surface area contributed by atoms with Crippen LogP contribution in [0.1, 0.15) is 88.4 Å². The lowest BCUT2D eigenvalue weighted by molar-refractivity contribution is -0.147. The van der Waals surface area contributed by atoms with Crippen molar-refractivity contribution in [3.05, 3.63) is 28.2 Å². The van der Waals surface area contributed by atoms with Crippen LogP contribution in [0.25, 0.3) is 0 Å². The minimum absolute atomic E-state index is 0.145. The molecule has 0 bridgehead atoms. The molecule has 8 heteroatoms. The van der Waals surface area contributed by atoms with Crippen LogP contribution in [-0.4, -0.2) is 55.0 Å². The standard InChI is InChI=1S/C26H39BrN2O5/c1-3-5-6-7-8-9-10-11-17-34-24(30)19-22-25(31)28-14-15-29(22)26(32)20-12-13-23(21(27)18-20)33-16-4-2/h12-13,18,22H,3-11,14-17,19H2,1-2H3,(H,28,31). The molecule has 1 aliphatic heterocycles. The number of nitrogens with one attached hydrogen (secondary N) is 1. The third kappa shape index (κ3) is 9.28. The number of piperazine rings is 1. The molecule has 1 unspecified atom stereocenters. The summed E-state index contributed by atoms with van der Waals surface area (Å²) in [7, 11) is 0. The highest BCUT2D eigenvalue weighted by molar-refractivity contribution is 9.10. The van der Waals surface area contributed by atoms with Crippen LogP contribution in [0.5, 0.6) is 5.75 Å². The Morgan fingerprint density at radius 3 is 2.41 bits per heavy atom. The van der Waals surface area contributed by atoms with Crippen molar-refractivity contribution in [1.82, 2.24) is 10.2 Å². The first-order valence-corrected chi connectivity index (χ1v) is 13.4. The van der Waals surface area contributed by atoms with Gasteiger partial charge in [-0.25, -0.2) is 0 Å². The van der Waals surface area contributed by atoms with Gasteiger partial charge < -0.3 is 19.7 Å². The van der Waals surface area contributed by atoms with Crippen LogP contribution < -0.4 is 10.1 Å². The fourth-order valence-electron chi connectivity index (χ4n) is 3.93. The number of nitrogens with zero attached hydrogens (tertiary/aromatic N) is 1. The molecule has 2 amide bonds. The van der Waals surface area contributed by atoms with Gasteiger partial charge in [-0.3, -0.25) is 14.4 Å². The van der Waals surface area contributed by atoms with Gasteiger partial charge in [0.2, 0.25) is 5.91 Å². The average Bonchev–Trinajstić information content (AvgIpc) is 2.83. The first kappa shape index (κ1) is 28.1. The van der Waals surface area contributed by atoms with Crippen molar-refractivity contribution >= 4 is 33.7 Å². The molecule has 1 aromatic carbocycles. The molecule has 0 saturated carbocycles. The van der Waals surface area contributed by atoms with Crippen LogP contribution in [0.2, 0.25) is 0 Å². The molecule has 1 aliphatic rings. The third-order valence-corrected chi connectivity index (χ3v) is 6.47. The summed E-state index contributed by atoms with van der Waals surface area (Å²) in [4.78, 5) is 39.5. The smallest absolute Gasteiger partial charge is 0.308 e. The second-order valence-electron chi connectivity index (χ2n) is 8.70. The normalized spacial score (nSPS) is 15.7. The molecule has 1 saturated heterocycles. The summed E-state index contributed by atoms with van der Waals surface area (Å²) in [5, 5.41) is 2.75. The summed E-state index contributed by atoms with van der Waals surface area (Å²) in [5.41, 5.74) is 0.433. The molecular formula is C26H39BrN2O5. The molecule has 0 radical (unpaired) electrons. The van der Waals surface area contributed by atoms with E-state index in [1.165, 1.54) is 37.0 Å². The quantitative estimate of drug-likeness (QED) is 0.243. The van der Waals surface area contributed by atoms with Crippen molar-refractivity contribution in [3.63, 3.8) is 0 Å². The predicted molar refractivity (Wildman–Crippen MR) is 136 cm³/mol. The minimum atomic E-state index is -0.873. The Hall–Kier alpha value is -2.09. The molecule has 1 N–H and O–H groups in total. The van der Waals surface area contributed by atoms with Crippen molar-refractivity contribution in [3.8, 4) is 5.75 Å². The van der Waals surface area contributed by atoms with E-state index in [9.17, 15) is 14.4 Å². The molecule has 0 aliphatic carbocycles. The Balaban J connectivity index is 1.85. The molecule has 1 atom stereocenters. The highest BCUT2D eigenvalue weighted by Crippen LogP contribution is 2.27. The molecule has 1 heterocycles. The Labute approximate surface area is 212 Å². The maximum Gasteiger partial charge on any atom is 0.308 e. The number of carbonyl (C=O) groups excluding carboxylic acids is 3. The van der Waals surface area contributed by atoms with E-state index in [-0.39, 0.29) is 18.2 Å². The number of amides is 2. The summed E-state index contributed by atoms with van der Waals surface area (Å²) in [6.45, 7) is 5.86. The van der Waals surface area contributed by atoms with Gasteiger partial charge >= 0.3 is 5.97 Å². The van der Waals surface area contributed by atoms with E-state index in [1.54, 1.807) is 18.2 Å². The number of ether oxygens (including phenoxy) is 2. The van der Waals surface area contributed by atoms with E-state index in [0.717, 1.165) is 25.7 Å². The second-order valence-corrected chi connectivity index (χ2v) is 9.55. The van der Waals surface area contributed by atoms with Gasteiger partial charge in [0.05, 0.1) is 24.1 Å². The number of rotatable bonds is 15. The van der Waals surface area contributed by atoms with E-state index >= 15 is 0 Å². The Bertz CT molecular complexity index is 801. The van der Waals surface area contributed by atoms with Crippen LogP contribution >= 0.6 is 15.9 Å². The highest BCUT2D eigenvalue weighted by atomic mass is 79.9. The summed E-state index contributed by atoms with van der Waals surface area (Å²) >= 11 is 3.45. The fraction of sp³-hybridized carbons (Fsp3) is 0.654.